The van der Waals surface area contributed by atoms with Crippen LogP contribution in [0.2, 0.25) is 0 Å². The van der Waals surface area contributed by atoms with Gasteiger partial charge in [0.15, 0.2) is 0 Å². The third kappa shape index (κ3) is 6.92. The summed E-state index contributed by atoms with van der Waals surface area (Å²) < 4.78 is 0. The number of nitrogens with one attached hydrogen (secondary N) is 1. The highest BCUT2D eigenvalue weighted by molar-refractivity contribution is 5.85. The molecule has 0 saturated carbocycles. The average molecular weight is 299 g/mol. The van der Waals surface area contributed by atoms with Crippen molar-refractivity contribution in [3.63, 3.8) is 0 Å². The normalized spacial score (nSPS) is 10.8. The largest absolute Gasteiger partial charge is 0.354 e. The van der Waals surface area contributed by atoms with Crippen molar-refractivity contribution < 1.29 is 4.79 Å². The molecule has 3 N–H and O–H groups in total. The van der Waals surface area contributed by atoms with E-state index < -0.39 is 0 Å². The van der Waals surface area contributed by atoms with Crippen LogP contribution in [0.5, 0.6) is 0 Å². The molecule has 3 nitrogen and oxygen atoms in total. The van der Waals surface area contributed by atoms with Gasteiger partial charge in [-0.3, -0.25) is 4.79 Å². The van der Waals surface area contributed by atoms with Crippen LogP contribution in [-0.4, -0.2) is 18.0 Å². The number of benzene rings is 1. The number of nitrogens with two attached hydrogens (primary N) is 1. The minimum Gasteiger partial charge on any atom is -0.354 e. The number of aryl methyl sites for hydroxylation is 1. The lowest BCUT2D eigenvalue weighted by atomic mass is 9.94. The highest BCUT2D eigenvalue weighted by Gasteiger charge is 2.20. The van der Waals surface area contributed by atoms with Gasteiger partial charge in [-0.05, 0) is 31.2 Å². The van der Waals surface area contributed by atoms with E-state index in [9.17, 15) is 4.79 Å². The molecule has 0 radical (unpaired) electrons. The van der Waals surface area contributed by atoms with Gasteiger partial charge in [0, 0.05) is 18.5 Å². The standard InChI is InChI=1S/C16H26N2O.ClH/c1-3-16(17,4-2)13-18-15(19)12-8-11-14-9-6-5-7-10-14;/h5-7,9-10H,3-4,8,11-13,17H2,1-2H3,(H,18,19);1H. The van der Waals surface area contributed by atoms with Crippen molar-refractivity contribution in [2.75, 3.05) is 6.54 Å². The van der Waals surface area contributed by atoms with Crippen LogP contribution in [0.25, 0.3) is 0 Å². The van der Waals surface area contributed by atoms with Crippen molar-refractivity contribution in [3.05, 3.63) is 35.9 Å². The van der Waals surface area contributed by atoms with E-state index in [2.05, 4.69) is 31.3 Å². The second-order valence-electron chi connectivity index (χ2n) is 5.19. The molecule has 1 rings (SSSR count). The number of carbonyl (C=O) groups excluding carboxylic acids is 1. The predicted molar refractivity (Wildman–Crippen MR) is 87.1 cm³/mol. The van der Waals surface area contributed by atoms with E-state index in [4.69, 9.17) is 5.73 Å². The van der Waals surface area contributed by atoms with Crippen molar-refractivity contribution in [2.45, 2.75) is 51.5 Å². The number of halogens is 1. The molecule has 0 fully saturated rings. The molecule has 0 bridgehead atoms. The lowest BCUT2D eigenvalue weighted by molar-refractivity contribution is -0.121. The van der Waals surface area contributed by atoms with Crippen LogP contribution in [-0.2, 0) is 11.2 Å². The molecular weight excluding hydrogens is 272 g/mol. The quantitative estimate of drug-likeness (QED) is 0.775. The third-order valence-corrected chi connectivity index (χ3v) is 3.76. The summed E-state index contributed by atoms with van der Waals surface area (Å²) >= 11 is 0. The summed E-state index contributed by atoms with van der Waals surface area (Å²) in [6.45, 7) is 4.69. The Morgan fingerprint density at radius 3 is 2.35 bits per heavy atom. The maximum Gasteiger partial charge on any atom is 0.220 e. The van der Waals surface area contributed by atoms with Gasteiger partial charge in [-0.2, -0.15) is 0 Å². The Morgan fingerprint density at radius 1 is 1.20 bits per heavy atom. The second kappa shape index (κ2) is 9.78. The van der Waals surface area contributed by atoms with Crippen LogP contribution < -0.4 is 11.1 Å². The van der Waals surface area contributed by atoms with Gasteiger partial charge in [0.2, 0.25) is 5.91 Å². The monoisotopic (exact) mass is 298 g/mol. The van der Waals surface area contributed by atoms with Gasteiger partial charge in [0.25, 0.3) is 0 Å². The van der Waals surface area contributed by atoms with Crippen LogP contribution >= 0.6 is 12.4 Å². The fourth-order valence-corrected chi connectivity index (χ4v) is 1.96. The van der Waals surface area contributed by atoms with Gasteiger partial charge in [-0.1, -0.05) is 44.2 Å². The molecule has 1 aromatic carbocycles. The second-order valence-corrected chi connectivity index (χ2v) is 5.19. The molecule has 0 aliphatic carbocycles. The summed E-state index contributed by atoms with van der Waals surface area (Å²) in [6, 6.07) is 10.3. The zero-order valence-corrected chi connectivity index (χ0v) is 13.3. The maximum atomic E-state index is 11.7. The Bertz CT molecular complexity index is 377. The van der Waals surface area contributed by atoms with E-state index in [0.717, 1.165) is 25.7 Å². The van der Waals surface area contributed by atoms with Crippen LogP contribution in [0.3, 0.4) is 0 Å². The molecule has 0 atom stereocenters. The summed E-state index contributed by atoms with van der Waals surface area (Å²) in [5, 5.41) is 2.95. The van der Waals surface area contributed by atoms with Gasteiger partial charge < -0.3 is 11.1 Å². The Labute approximate surface area is 128 Å². The summed E-state index contributed by atoms with van der Waals surface area (Å²) in [6.07, 6.45) is 4.16. The molecule has 0 aromatic heterocycles. The lowest BCUT2D eigenvalue weighted by Gasteiger charge is -2.26. The predicted octanol–water partition coefficient (Wildman–Crippen LogP) is 3.06. The first-order valence-corrected chi connectivity index (χ1v) is 7.19. The minimum atomic E-state index is -0.255. The van der Waals surface area contributed by atoms with Crippen LogP contribution in [0.4, 0.5) is 0 Å². The molecule has 0 aliphatic heterocycles. The molecule has 114 valence electrons. The molecule has 0 spiro atoms. The smallest absolute Gasteiger partial charge is 0.220 e. The van der Waals surface area contributed by atoms with E-state index in [0.29, 0.717) is 13.0 Å². The number of amides is 1. The van der Waals surface area contributed by atoms with E-state index >= 15 is 0 Å². The Hall–Kier alpha value is -1.06. The minimum absolute atomic E-state index is 0. The summed E-state index contributed by atoms with van der Waals surface area (Å²) in [5.41, 5.74) is 7.18. The third-order valence-electron chi connectivity index (χ3n) is 3.76. The van der Waals surface area contributed by atoms with Crippen molar-refractivity contribution in [2.24, 2.45) is 5.73 Å². The van der Waals surface area contributed by atoms with Gasteiger partial charge in [0.1, 0.15) is 0 Å². The first-order valence-electron chi connectivity index (χ1n) is 7.19. The molecule has 1 amide bonds. The fourth-order valence-electron chi connectivity index (χ4n) is 1.96. The van der Waals surface area contributed by atoms with E-state index in [1.165, 1.54) is 5.56 Å². The zero-order valence-electron chi connectivity index (χ0n) is 12.5. The molecule has 0 unspecified atom stereocenters. The number of rotatable bonds is 8. The molecule has 0 heterocycles. The van der Waals surface area contributed by atoms with Crippen molar-refractivity contribution in [1.82, 2.24) is 5.32 Å². The van der Waals surface area contributed by atoms with Gasteiger partial charge in [0.05, 0.1) is 0 Å². The molecular formula is C16H27ClN2O. The lowest BCUT2D eigenvalue weighted by Crippen LogP contribution is -2.49. The van der Waals surface area contributed by atoms with Gasteiger partial charge >= 0.3 is 0 Å². The molecule has 1 aromatic rings. The summed E-state index contributed by atoms with van der Waals surface area (Å²) in [5.74, 6) is 0.104. The Kier molecular flexibility index (Phi) is 9.26. The number of carbonyl (C=O) groups is 1. The molecule has 4 heteroatoms. The van der Waals surface area contributed by atoms with Gasteiger partial charge in [-0.25, -0.2) is 0 Å². The molecule has 0 aliphatic rings. The van der Waals surface area contributed by atoms with E-state index in [1.54, 1.807) is 0 Å². The summed E-state index contributed by atoms with van der Waals surface area (Å²) in [7, 11) is 0. The zero-order chi connectivity index (χ0) is 14.1. The highest BCUT2D eigenvalue weighted by Crippen LogP contribution is 2.10. The maximum absolute atomic E-state index is 11.7. The number of hydrogen-bond acceptors (Lipinski definition) is 2. The van der Waals surface area contributed by atoms with Crippen molar-refractivity contribution in [3.8, 4) is 0 Å². The van der Waals surface area contributed by atoms with Crippen LogP contribution in [0.15, 0.2) is 30.3 Å². The first-order chi connectivity index (χ1) is 9.09. The SMILES string of the molecule is CCC(N)(CC)CNC(=O)CCCc1ccccc1.Cl. The van der Waals surface area contributed by atoms with Crippen molar-refractivity contribution >= 4 is 18.3 Å². The van der Waals surface area contributed by atoms with Crippen molar-refractivity contribution in [1.29, 1.82) is 0 Å². The first kappa shape index (κ1) is 18.9. The Morgan fingerprint density at radius 2 is 1.80 bits per heavy atom. The van der Waals surface area contributed by atoms with Crippen LogP contribution in [0, 0.1) is 0 Å². The molecule has 20 heavy (non-hydrogen) atoms. The molecule has 0 saturated heterocycles. The number of hydrogen-bond donors (Lipinski definition) is 2. The highest BCUT2D eigenvalue weighted by atomic mass is 35.5. The van der Waals surface area contributed by atoms with Crippen LogP contribution in [0.1, 0.15) is 45.1 Å². The Balaban J connectivity index is 0.00000361. The van der Waals surface area contributed by atoms with E-state index in [1.807, 2.05) is 18.2 Å². The average Bonchev–Trinajstić information content (AvgIpc) is 2.46. The van der Waals surface area contributed by atoms with E-state index in [-0.39, 0.29) is 23.9 Å². The topological polar surface area (TPSA) is 55.1 Å². The van der Waals surface area contributed by atoms with Gasteiger partial charge in [-0.15, -0.1) is 12.4 Å². The summed E-state index contributed by atoms with van der Waals surface area (Å²) in [4.78, 5) is 11.7. The fraction of sp³-hybridized carbons (Fsp3) is 0.562.